The highest BCUT2D eigenvalue weighted by molar-refractivity contribution is 5.86. The Morgan fingerprint density at radius 1 is 1.19 bits per heavy atom. The Morgan fingerprint density at radius 2 is 1.96 bits per heavy atom. The van der Waals surface area contributed by atoms with Crippen molar-refractivity contribution in [3.8, 4) is 0 Å². The van der Waals surface area contributed by atoms with Gasteiger partial charge in [0.05, 0.1) is 5.41 Å². The van der Waals surface area contributed by atoms with Crippen molar-refractivity contribution in [1.29, 1.82) is 0 Å². The molecule has 0 saturated carbocycles. The molecule has 0 aliphatic carbocycles. The Balaban J connectivity index is 1.44. The van der Waals surface area contributed by atoms with E-state index in [-0.39, 0.29) is 23.5 Å². The van der Waals surface area contributed by atoms with Crippen molar-refractivity contribution in [3.05, 3.63) is 35.6 Å². The highest BCUT2D eigenvalue weighted by Crippen LogP contribution is 2.41. The lowest BCUT2D eigenvalue weighted by atomic mass is 9.78. The fourth-order valence-corrected chi connectivity index (χ4v) is 4.78. The van der Waals surface area contributed by atoms with Crippen LogP contribution < -0.4 is 0 Å². The van der Waals surface area contributed by atoms with Crippen LogP contribution in [-0.4, -0.2) is 54.5 Å². The van der Waals surface area contributed by atoms with E-state index in [4.69, 9.17) is 4.74 Å². The first-order chi connectivity index (χ1) is 13.1. The molecule has 3 fully saturated rings. The summed E-state index contributed by atoms with van der Waals surface area (Å²) in [6, 6.07) is 6.63. The minimum Gasteiger partial charge on any atom is -0.381 e. The molecule has 1 aromatic carbocycles. The predicted octanol–water partition coefficient (Wildman–Crippen LogP) is 2.59. The van der Waals surface area contributed by atoms with Gasteiger partial charge in [-0.05, 0) is 38.2 Å². The molecular weight excluding hydrogens is 347 g/mol. The normalized spacial score (nSPS) is 26.8. The Kier molecular flexibility index (Phi) is 5.17. The number of ether oxygens (including phenoxy) is 1. The molecule has 4 rings (SSSR count). The number of hydrogen-bond acceptors (Lipinski definition) is 3. The Labute approximate surface area is 159 Å². The number of carbonyl (C=O) groups excluding carboxylic acids is 2. The molecule has 0 radical (unpaired) electrons. The van der Waals surface area contributed by atoms with E-state index in [9.17, 15) is 14.0 Å². The summed E-state index contributed by atoms with van der Waals surface area (Å²) >= 11 is 0. The number of rotatable bonds is 3. The quantitative estimate of drug-likeness (QED) is 0.817. The Bertz CT molecular complexity index is 719. The SMILES string of the molecule is O=C(C1CCOCC1)N1CC[C@@]2(CCCN(Cc3ccccc3F)C2=O)C1. The number of piperidine rings is 1. The molecule has 3 heterocycles. The molecule has 5 nitrogen and oxygen atoms in total. The number of amides is 2. The highest BCUT2D eigenvalue weighted by Gasteiger charge is 2.50. The maximum absolute atomic E-state index is 14.0. The van der Waals surface area contributed by atoms with Crippen molar-refractivity contribution in [3.63, 3.8) is 0 Å². The van der Waals surface area contributed by atoms with Gasteiger partial charge in [0.2, 0.25) is 11.8 Å². The van der Waals surface area contributed by atoms with Gasteiger partial charge in [-0.2, -0.15) is 0 Å². The van der Waals surface area contributed by atoms with Gasteiger partial charge in [0, 0.05) is 50.9 Å². The van der Waals surface area contributed by atoms with Crippen LogP contribution in [0.1, 0.15) is 37.7 Å². The summed E-state index contributed by atoms with van der Waals surface area (Å²) in [6.45, 7) is 3.41. The van der Waals surface area contributed by atoms with E-state index in [1.807, 2.05) is 4.90 Å². The van der Waals surface area contributed by atoms with Crippen LogP contribution in [-0.2, 0) is 20.9 Å². The van der Waals surface area contributed by atoms with Crippen molar-refractivity contribution >= 4 is 11.8 Å². The fraction of sp³-hybridized carbons (Fsp3) is 0.619. The van der Waals surface area contributed by atoms with Gasteiger partial charge in [-0.25, -0.2) is 4.39 Å². The van der Waals surface area contributed by atoms with Crippen LogP contribution in [0.25, 0.3) is 0 Å². The number of nitrogens with zero attached hydrogens (tertiary/aromatic N) is 2. The van der Waals surface area contributed by atoms with Crippen molar-refractivity contribution in [1.82, 2.24) is 9.80 Å². The maximum Gasteiger partial charge on any atom is 0.230 e. The Morgan fingerprint density at radius 3 is 2.74 bits per heavy atom. The first-order valence-corrected chi connectivity index (χ1v) is 9.98. The second-order valence-electron chi connectivity index (χ2n) is 8.10. The van der Waals surface area contributed by atoms with E-state index in [1.54, 1.807) is 23.1 Å². The average molecular weight is 374 g/mol. The third-order valence-electron chi connectivity index (χ3n) is 6.38. The third-order valence-corrected chi connectivity index (χ3v) is 6.38. The second-order valence-corrected chi connectivity index (χ2v) is 8.10. The molecule has 3 aliphatic heterocycles. The van der Waals surface area contributed by atoms with E-state index >= 15 is 0 Å². The number of likely N-dealkylation sites (tertiary alicyclic amines) is 2. The zero-order valence-electron chi connectivity index (χ0n) is 15.7. The topological polar surface area (TPSA) is 49.9 Å². The molecule has 3 aliphatic rings. The van der Waals surface area contributed by atoms with Gasteiger partial charge < -0.3 is 14.5 Å². The van der Waals surface area contributed by atoms with E-state index in [0.29, 0.717) is 51.4 Å². The van der Waals surface area contributed by atoms with Crippen LogP contribution in [0.4, 0.5) is 4.39 Å². The fourth-order valence-electron chi connectivity index (χ4n) is 4.78. The zero-order chi connectivity index (χ0) is 18.9. The third kappa shape index (κ3) is 3.59. The zero-order valence-corrected chi connectivity index (χ0v) is 15.7. The van der Waals surface area contributed by atoms with Gasteiger partial charge in [0.25, 0.3) is 0 Å². The Hall–Kier alpha value is -1.95. The molecule has 1 aromatic rings. The minimum atomic E-state index is -0.482. The minimum absolute atomic E-state index is 0.0297. The van der Waals surface area contributed by atoms with Crippen LogP contribution in [0.15, 0.2) is 24.3 Å². The van der Waals surface area contributed by atoms with Crippen LogP contribution >= 0.6 is 0 Å². The summed E-state index contributed by atoms with van der Waals surface area (Å²) in [5, 5.41) is 0. The lowest BCUT2D eigenvalue weighted by molar-refractivity contribution is -0.147. The second kappa shape index (κ2) is 7.58. The summed E-state index contributed by atoms with van der Waals surface area (Å²) < 4.78 is 19.4. The van der Waals surface area contributed by atoms with Crippen LogP contribution in [0.3, 0.4) is 0 Å². The van der Waals surface area contributed by atoms with Crippen molar-refractivity contribution in [2.45, 2.75) is 38.6 Å². The van der Waals surface area contributed by atoms with Crippen LogP contribution in [0.5, 0.6) is 0 Å². The molecule has 0 unspecified atom stereocenters. The molecule has 1 atom stereocenters. The molecule has 0 bridgehead atoms. The average Bonchev–Trinajstić information content (AvgIpc) is 3.12. The van der Waals surface area contributed by atoms with Gasteiger partial charge >= 0.3 is 0 Å². The van der Waals surface area contributed by atoms with Gasteiger partial charge in [0.15, 0.2) is 0 Å². The predicted molar refractivity (Wildman–Crippen MR) is 98.2 cm³/mol. The summed E-state index contributed by atoms with van der Waals surface area (Å²) in [6.07, 6.45) is 3.98. The number of halogens is 1. The van der Waals surface area contributed by atoms with Crippen LogP contribution in [0, 0.1) is 17.2 Å². The van der Waals surface area contributed by atoms with E-state index < -0.39 is 5.41 Å². The number of hydrogen-bond donors (Lipinski definition) is 0. The monoisotopic (exact) mass is 374 g/mol. The summed E-state index contributed by atoms with van der Waals surface area (Å²) in [5.41, 5.74) is 0.0701. The van der Waals surface area contributed by atoms with E-state index in [1.165, 1.54) is 6.07 Å². The standard InChI is InChI=1S/C21H27FN2O3/c22-18-5-2-1-4-17(18)14-23-10-3-8-21(20(23)26)9-11-24(15-21)19(25)16-6-12-27-13-7-16/h1-2,4-5,16H,3,6-15H2/t21-/m0/s1. The molecule has 2 amide bonds. The van der Waals surface area contributed by atoms with Crippen molar-refractivity contribution in [2.75, 3.05) is 32.8 Å². The van der Waals surface area contributed by atoms with Gasteiger partial charge in [-0.3, -0.25) is 9.59 Å². The van der Waals surface area contributed by atoms with Gasteiger partial charge in [-0.1, -0.05) is 18.2 Å². The molecule has 0 aromatic heterocycles. The van der Waals surface area contributed by atoms with Crippen molar-refractivity contribution < 1.29 is 18.7 Å². The van der Waals surface area contributed by atoms with E-state index in [2.05, 4.69) is 0 Å². The molecule has 3 saturated heterocycles. The summed E-state index contributed by atoms with van der Waals surface area (Å²) in [7, 11) is 0. The summed E-state index contributed by atoms with van der Waals surface area (Å²) in [4.78, 5) is 29.8. The first kappa shape index (κ1) is 18.4. The molecule has 0 N–H and O–H groups in total. The summed E-state index contributed by atoms with van der Waals surface area (Å²) in [5.74, 6) is 0.0169. The lowest BCUT2D eigenvalue weighted by Gasteiger charge is -2.39. The van der Waals surface area contributed by atoms with Gasteiger partial charge in [-0.15, -0.1) is 0 Å². The highest BCUT2D eigenvalue weighted by atomic mass is 19.1. The maximum atomic E-state index is 14.0. The molecular formula is C21H27FN2O3. The largest absolute Gasteiger partial charge is 0.381 e. The first-order valence-electron chi connectivity index (χ1n) is 9.98. The van der Waals surface area contributed by atoms with Crippen molar-refractivity contribution in [2.24, 2.45) is 11.3 Å². The lowest BCUT2D eigenvalue weighted by Crippen LogP contribution is -2.50. The smallest absolute Gasteiger partial charge is 0.230 e. The molecule has 6 heteroatoms. The van der Waals surface area contributed by atoms with E-state index in [0.717, 1.165) is 25.7 Å². The molecule has 1 spiro atoms. The molecule has 146 valence electrons. The number of benzene rings is 1. The molecule has 27 heavy (non-hydrogen) atoms. The van der Waals surface area contributed by atoms with Crippen LogP contribution in [0.2, 0.25) is 0 Å². The van der Waals surface area contributed by atoms with Gasteiger partial charge in [0.1, 0.15) is 5.82 Å². The number of carbonyl (C=O) groups is 2.